The number of piperidine rings is 1. The Morgan fingerprint density at radius 1 is 1.40 bits per heavy atom. The van der Waals surface area contributed by atoms with E-state index in [-0.39, 0.29) is 6.61 Å². The van der Waals surface area contributed by atoms with Crippen LogP contribution in [0, 0.1) is 0 Å². The highest BCUT2D eigenvalue weighted by atomic mass is 32.1. The van der Waals surface area contributed by atoms with Gasteiger partial charge in [-0.3, -0.25) is 0 Å². The second-order valence-corrected chi connectivity index (χ2v) is 3.53. The van der Waals surface area contributed by atoms with E-state index in [9.17, 15) is 0 Å². The summed E-state index contributed by atoms with van der Waals surface area (Å²) in [5.74, 6) is 0. The van der Waals surface area contributed by atoms with Crippen LogP contribution in [0.25, 0.3) is 0 Å². The van der Waals surface area contributed by atoms with Crippen LogP contribution in [0.15, 0.2) is 0 Å². The van der Waals surface area contributed by atoms with Gasteiger partial charge in [-0.05, 0) is 25.9 Å². The van der Waals surface area contributed by atoms with Crippen LogP contribution in [0.2, 0.25) is 0 Å². The molecule has 1 heterocycles. The molecule has 3 heteroatoms. The van der Waals surface area contributed by atoms with Crippen LogP contribution in [-0.2, 0) is 0 Å². The Labute approximate surface area is 67.6 Å². The van der Waals surface area contributed by atoms with Crippen LogP contribution >= 0.6 is 12.6 Å². The first-order valence-electron chi connectivity index (χ1n) is 3.84. The van der Waals surface area contributed by atoms with Crippen molar-refractivity contribution in [2.24, 2.45) is 0 Å². The number of aliphatic hydroxyl groups is 1. The van der Waals surface area contributed by atoms with E-state index < -0.39 is 0 Å². The largest absolute Gasteiger partial charge is 0.395 e. The maximum absolute atomic E-state index is 8.62. The van der Waals surface area contributed by atoms with Crippen molar-refractivity contribution in [3.8, 4) is 0 Å². The fraction of sp³-hybridized carbons (Fsp3) is 1.00. The fourth-order valence-corrected chi connectivity index (χ4v) is 1.52. The van der Waals surface area contributed by atoms with Gasteiger partial charge in [0.2, 0.25) is 0 Å². The molecule has 0 radical (unpaired) electrons. The van der Waals surface area contributed by atoms with Crippen LogP contribution < -0.4 is 0 Å². The molecule has 0 bridgehead atoms. The first-order valence-corrected chi connectivity index (χ1v) is 4.36. The number of thiol groups is 1. The molecule has 0 aromatic heterocycles. The topological polar surface area (TPSA) is 23.5 Å². The first kappa shape index (κ1) is 8.37. The summed E-state index contributed by atoms with van der Waals surface area (Å²) in [4.78, 5) is 2.28. The molecule has 0 aromatic rings. The number of hydrogen-bond donors (Lipinski definition) is 2. The third kappa shape index (κ3) is 2.48. The summed E-state index contributed by atoms with van der Waals surface area (Å²) in [6, 6.07) is 0. The van der Waals surface area contributed by atoms with Gasteiger partial charge in [-0.15, -0.1) is 0 Å². The van der Waals surface area contributed by atoms with Crippen LogP contribution in [0.5, 0.6) is 0 Å². The highest BCUT2D eigenvalue weighted by Gasteiger charge is 2.14. The van der Waals surface area contributed by atoms with Gasteiger partial charge in [0.25, 0.3) is 0 Å². The Kier molecular flexibility index (Phi) is 3.52. The molecule has 0 spiro atoms. The molecule has 0 aromatic carbocycles. The summed E-state index contributed by atoms with van der Waals surface area (Å²) in [6.07, 6.45) is 2.34. The third-order valence-electron chi connectivity index (χ3n) is 1.97. The van der Waals surface area contributed by atoms with Crippen LogP contribution in [-0.4, -0.2) is 41.5 Å². The average Bonchev–Trinajstić information content (AvgIpc) is 1.95. The third-order valence-corrected chi connectivity index (χ3v) is 2.49. The van der Waals surface area contributed by atoms with Gasteiger partial charge in [-0.2, -0.15) is 12.6 Å². The van der Waals surface area contributed by atoms with Gasteiger partial charge in [-0.25, -0.2) is 0 Å². The van der Waals surface area contributed by atoms with E-state index in [1.54, 1.807) is 0 Å². The Morgan fingerprint density at radius 2 is 2.00 bits per heavy atom. The predicted octanol–water partition coefficient (Wildman–Crippen LogP) is 0.373. The monoisotopic (exact) mass is 161 g/mol. The normalized spacial score (nSPS) is 23.4. The zero-order chi connectivity index (χ0) is 7.40. The van der Waals surface area contributed by atoms with Crippen molar-refractivity contribution >= 4 is 12.6 Å². The van der Waals surface area contributed by atoms with Crippen LogP contribution in [0.3, 0.4) is 0 Å². The molecule has 0 aliphatic carbocycles. The SMILES string of the molecule is OCCN1CCC(S)CC1. The van der Waals surface area contributed by atoms with Gasteiger partial charge in [-0.1, -0.05) is 0 Å². The number of likely N-dealkylation sites (tertiary alicyclic amines) is 1. The minimum Gasteiger partial charge on any atom is -0.395 e. The van der Waals surface area contributed by atoms with Crippen molar-refractivity contribution in [3.63, 3.8) is 0 Å². The maximum Gasteiger partial charge on any atom is 0.0558 e. The molecule has 10 heavy (non-hydrogen) atoms. The standard InChI is InChI=1S/C7H15NOS/c9-6-5-8-3-1-7(10)2-4-8/h7,9-10H,1-6H2. The highest BCUT2D eigenvalue weighted by molar-refractivity contribution is 7.80. The summed E-state index contributed by atoms with van der Waals surface area (Å²) in [5, 5.41) is 9.22. The predicted molar refractivity (Wildman–Crippen MR) is 45.5 cm³/mol. The van der Waals surface area contributed by atoms with E-state index in [1.807, 2.05) is 0 Å². The lowest BCUT2D eigenvalue weighted by Crippen LogP contribution is -2.35. The maximum atomic E-state index is 8.62. The van der Waals surface area contributed by atoms with E-state index in [0.717, 1.165) is 19.6 Å². The number of β-amino-alcohol motifs (C(OH)–C–C–N with tert-alkyl or cyclic N) is 1. The Bertz CT molecular complexity index is 91.6. The van der Waals surface area contributed by atoms with E-state index in [2.05, 4.69) is 17.5 Å². The van der Waals surface area contributed by atoms with Crippen molar-refractivity contribution in [2.75, 3.05) is 26.2 Å². The van der Waals surface area contributed by atoms with Gasteiger partial charge < -0.3 is 10.0 Å². The molecule has 2 nitrogen and oxygen atoms in total. The van der Waals surface area contributed by atoms with Gasteiger partial charge >= 0.3 is 0 Å². The van der Waals surface area contributed by atoms with E-state index >= 15 is 0 Å². The lowest BCUT2D eigenvalue weighted by atomic mass is 10.1. The summed E-state index contributed by atoms with van der Waals surface area (Å²) in [7, 11) is 0. The van der Waals surface area contributed by atoms with Gasteiger partial charge in [0.15, 0.2) is 0 Å². The summed E-state index contributed by atoms with van der Waals surface area (Å²) in [6.45, 7) is 3.33. The Balaban J connectivity index is 2.13. The van der Waals surface area contributed by atoms with Crippen molar-refractivity contribution in [1.29, 1.82) is 0 Å². The fourth-order valence-electron chi connectivity index (χ4n) is 1.28. The molecule has 1 rings (SSSR count). The lowest BCUT2D eigenvalue weighted by molar-refractivity contribution is 0.175. The molecule has 1 aliphatic heterocycles. The van der Waals surface area contributed by atoms with Crippen molar-refractivity contribution in [2.45, 2.75) is 18.1 Å². The number of hydrogen-bond acceptors (Lipinski definition) is 3. The van der Waals surface area contributed by atoms with Crippen LogP contribution in [0.4, 0.5) is 0 Å². The van der Waals surface area contributed by atoms with Crippen molar-refractivity contribution in [3.05, 3.63) is 0 Å². The van der Waals surface area contributed by atoms with Crippen molar-refractivity contribution < 1.29 is 5.11 Å². The van der Waals surface area contributed by atoms with Crippen molar-refractivity contribution in [1.82, 2.24) is 4.90 Å². The molecule has 1 saturated heterocycles. The quantitative estimate of drug-likeness (QED) is 0.572. The number of rotatable bonds is 2. The van der Waals surface area contributed by atoms with Gasteiger partial charge in [0.05, 0.1) is 6.61 Å². The molecule has 0 atom stereocenters. The molecule has 1 aliphatic rings. The second kappa shape index (κ2) is 4.21. The zero-order valence-electron chi connectivity index (χ0n) is 6.16. The second-order valence-electron chi connectivity index (χ2n) is 2.80. The minimum atomic E-state index is 0.289. The lowest BCUT2D eigenvalue weighted by Gasteiger charge is -2.28. The van der Waals surface area contributed by atoms with E-state index in [0.29, 0.717) is 5.25 Å². The zero-order valence-corrected chi connectivity index (χ0v) is 7.06. The van der Waals surface area contributed by atoms with E-state index in [1.165, 1.54) is 12.8 Å². The highest BCUT2D eigenvalue weighted by Crippen LogP contribution is 2.14. The molecule has 1 N–H and O–H groups in total. The molecule has 0 amide bonds. The summed E-state index contributed by atoms with van der Waals surface area (Å²) < 4.78 is 0. The Morgan fingerprint density at radius 3 is 2.50 bits per heavy atom. The molecule has 1 fully saturated rings. The average molecular weight is 161 g/mol. The van der Waals surface area contributed by atoms with Gasteiger partial charge in [0, 0.05) is 11.8 Å². The van der Waals surface area contributed by atoms with E-state index in [4.69, 9.17) is 5.11 Å². The Hall–Kier alpha value is 0.270. The molecular weight excluding hydrogens is 146 g/mol. The minimum absolute atomic E-state index is 0.289. The summed E-state index contributed by atoms with van der Waals surface area (Å²) in [5.41, 5.74) is 0. The molecule has 0 saturated carbocycles. The molecular formula is C7H15NOS. The number of aliphatic hydroxyl groups excluding tert-OH is 1. The molecule has 0 unspecified atom stereocenters. The van der Waals surface area contributed by atoms with Gasteiger partial charge in [0.1, 0.15) is 0 Å². The first-order chi connectivity index (χ1) is 4.83. The molecule has 60 valence electrons. The smallest absolute Gasteiger partial charge is 0.0558 e. The van der Waals surface area contributed by atoms with Crippen LogP contribution in [0.1, 0.15) is 12.8 Å². The number of nitrogens with zero attached hydrogens (tertiary/aromatic N) is 1. The summed E-state index contributed by atoms with van der Waals surface area (Å²) >= 11 is 4.38.